The van der Waals surface area contributed by atoms with Crippen LogP contribution in [-0.2, 0) is 0 Å². The molecule has 0 aliphatic carbocycles. The molecule has 2 unspecified atom stereocenters. The van der Waals surface area contributed by atoms with Gasteiger partial charge in [0, 0.05) is 18.2 Å². The highest BCUT2D eigenvalue weighted by Gasteiger charge is 2.16. The second-order valence-corrected chi connectivity index (χ2v) is 3.93. The molecule has 0 saturated heterocycles. The molecule has 2 atom stereocenters. The molecular formula is C11H20N2O2. The zero-order valence-electron chi connectivity index (χ0n) is 9.87. The maximum absolute atomic E-state index is 9.44. The van der Waals surface area contributed by atoms with Gasteiger partial charge in [-0.3, -0.25) is 0 Å². The normalized spacial score (nSPS) is 15.3. The average Bonchev–Trinajstić information content (AvgIpc) is 2.54. The molecule has 0 fully saturated rings. The highest BCUT2D eigenvalue weighted by molar-refractivity contribution is 5.24. The van der Waals surface area contributed by atoms with Crippen molar-refractivity contribution in [3.05, 3.63) is 17.0 Å². The monoisotopic (exact) mass is 212 g/mol. The Bertz CT molecular complexity index is 290. The van der Waals surface area contributed by atoms with Crippen LogP contribution in [-0.4, -0.2) is 22.9 Å². The summed E-state index contributed by atoms with van der Waals surface area (Å²) in [5.41, 5.74) is 2.01. The van der Waals surface area contributed by atoms with Crippen LogP contribution in [0.1, 0.15) is 43.3 Å². The van der Waals surface area contributed by atoms with Gasteiger partial charge < -0.3 is 14.9 Å². The van der Waals surface area contributed by atoms with E-state index in [4.69, 9.17) is 4.52 Å². The lowest BCUT2D eigenvalue weighted by Crippen LogP contribution is -2.29. The van der Waals surface area contributed by atoms with E-state index in [9.17, 15) is 5.11 Å². The Labute approximate surface area is 90.7 Å². The SMILES string of the molecule is CCC(O)CNC(C)c1c(C)noc1C. The van der Waals surface area contributed by atoms with Crippen molar-refractivity contribution in [2.24, 2.45) is 0 Å². The molecule has 0 bridgehead atoms. The molecule has 0 amide bonds. The van der Waals surface area contributed by atoms with Crippen LogP contribution in [0.2, 0.25) is 0 Å². The number of aliphatic hydroxyl groups excluding tert-OH is 1. The van der Waals surface area contributed by atoms with E-state index < -0.39 is 0 Å². The van der Waals surface area contributed by atoms with Crippen molar-refractivity contribution in [1.29, 1.82) is 0 Å². The lowest BCUT2D eigenvalue weighted by atomic mass is 10.1. The van der Waals surface area contributed by atoms with E-state index >= 15 is 0 Å². The van der Waals surface area contributed by atoms with E-state index in [1.165, 1.54) is 0 Å². The standard InChI is InChI=1S/C11H20N2O2/c1-5-10(14)6-12-7(2)11-8(3)13-15-9(11)4/h7,10,12,14H,5-6H2,1-4H3. The van der Waals surface area contributed by atoms with Crippen LogP contribution in [0.5, 0.6) is 0 Å². The highest BCUT2D eigenvalue weighted by atomic mass is 16.5. The fourth-order valence-electron chi connectivity index (χ4n) is 1.67. The Morgan fingerprint density at radius 2 is 2.13 bits per heavy atom. The summed E-state index contributed by atoms with van der Waals surface area (Å²) in [4.78, 5) is 0. The number of hydrogen-bond donors (Lipinski definition) is 2. The second-order valence-electron chi connectivity index (χ2n) is 3.93. The van der Waals surface area contributed by atoms with Gasteiger partial charge in [0.05, 0.1) is 11.8 Å². The van der Waals surface area contributed by atoms with Crippen LogP contribution < -0.4 is 5.32 Å². The summed E-state index contributed by atoms with van der Waals surface area (Å²) >= 11 is 0. The van der Waals surface area contributed by atoms with Crippen molar-refractivity contribution in [3.8, 4) is 0 Å². The summed E-state index contributed by atoms with van der Waals surface area (Å²) in [7, 11) is 0. The van der Waals surface area contributed by atoms with Crippen molar-refractivity contribution in [2.75, 3.05) is 6.54 Å². The van der Waals surface area contributed by atoms with Gasteiger partial charge in [0.1, 0.15) is 5.76 Å². The topological polar surface area (TPSA) is 58.3 Å². The molecule has 0 aliphatic rings. The molecule has 1 rings (SSSR count). The van der Waals surface area contributed by atoms with Gasteiger partial charge in [0.2, 0.25) is 0 Å². The summed E-state index contributed by atoms with van der Waals surface area (Å²) in [5.74, 6) is 0.846. The quantitative estimate of drug-likeness (QED) is 0.780. The fraction of sp³-hybridized carbons (Fsp3) is 0.727. The molecule has 0 aliphatic heterocycles. The highest BCUT2D eigenvalue weighted by Crippen LogP contribution is 2.20. The van der Waals surface area contributed by atoms with E-state index in [1.807, 2.05) is 20.8 Å². The van der Waals surface area contributed by atoms with Gasteiger partial charge in [-0.05, 0) is 27.2 Å². The summed E-state index contributed by atoms with van der Waals surface area (Å²) in [5, 5.41) is 16.6. The first-order valence-electron chi connectivity index (χ1n) is 5.40. The molecule has 0 saturated carbocycles. The maximum atomic E-state index is 9.44. The molecule has 0 aromatic carbocycles. The van der Waals surface area contributed by atoms with E-state index in [0.29, 0.717) is 6.54 Å². The molecule has 15 heavy (non-hydrogen) atoms. The van der Waals surface area contributed by atoms with E-state index in [0.717, 1.165) is 23.4 Å². The first kappa shape index (κ1) is 12.2. The van der Waals surface area contributed by atoms with Crippen LogP contribution in [0.4, 0.5) is 0 Å². The smallest absolute Gasteiger partial charge is 0.138 e. The first-order valence-corrected chi connectivity index (χ1v) is 5.40. The molecular weight excluding hydrogens is 192 g/mol. The maximum Gasteiger partial charge on any atom is 0.138 e. The molecule has 2 N–H and O–H groups in total. The Morgan fingerprint density at radius 3 is 2.60 bits per heavy atom. The predicted molar refractivity (Wildman–Crippen MR) is 58.7 cm³/mol. The lowest BCUT2D eigenvalue weighted by Gasteiger charge is -2.16. The lowest BCUT2D eigenvalue weighted by molar-refractivity contribution is 0.163. The number of rotatable bonds is 5. The number of hydrogen-bond acceptors (Lipinski definition) is 4. The van der Waals surface area contributed by atoms with Gasteiger partial charge in [0.15, 0.2) is 0 Å². The summed E-state index contributed by atoms with van der Waals surface area (Å²) in [6.07, 6.45) is 0.481. The van der Waals surface area contributed by atoms with Gasteiger partial charge in [0.25, 0.3) is 0 Å². The molecule has 4 heteroatoms. The van der Waals surface area contributed by atoms with Crippen molar-refractivity contribution >= 4 is 0 Å². The molecule has 1 aromatic rings. The zero-order valence-corrected chi connectivity index (χ0v) is 9.87. The van der Waals surface area contributed by atoms with Crippen LogP contribution in [0.15, 0.2) is 4.52 Å². The van der Waals surface area contributed by atoms with E-state index in [1.54, 1.807) is 0 Å². The van der Waals surface area contributed by atoms with Gasteiger partial charge in [-0.15, -0.1) is 0 Å². The Morgan fingerprint density at radius 1 is 1.47 bits per heavy atom. The molecule has 1 aromatic heterocycles. The van der Waals surface area contributed by atoms with Gasteiger partial charge in [-0.25, -0.2) is 0 Å². The third-order valence-corrected chi connectivity index (χ3v) is 2.65. The largest absolute Gasteiger partial charge is 0.392 e. The predicted octanol–water partition coefficient (Wildman–Crippen LogP) is 1.71. The van der Waals surface area contributed by atoms with E-state index in [2.05, 4.69) is 17.4 Å². The molecule has 0 spiro atoms. The van der Waals surface area contributed by atoms with E-state index in [-0.39, 0.29) is 12.1 Å². The third kappa shape index (κ3) is 3.04. The Hall–Kier alpha value is -0.870. The number of aromatic nitrogens is 1. The zero-order chi connectivity index (χ0) is 11.4. The molecule has 4 nitrogen and oxygen atoms in total. The summed E-state index contributed by atoms with van der Waals surface area (Å²) in [6, 6.07) is 0.164. The molecule has 0 radical (unpaired) electrons. The molecule has 1 heterocycles. The van der Waals surface area contributed by atoms with Gasteiger partial charge in [-0.2, -0.15) is 0 Å². The van der Waals surface area contributed by atoms with Crippen molar-refractivity contribution < 1.29 is 9.63 Å². The van der Waals surface area contributed by atoms with Gasteiger partial charge in [-0.1, -0.05) is 12.1 Å². The first-order chi connectivity index (χ1) is 7.06. The van der Waals surface area contributed by atoms with Crippen LogP contribution in [0.25, 0.3) is 0 Å². The minimum Gasteiger partial charge on any atom is -0.392 e. The van der Waals surface area contributed by atoms with Crippen LogP contribution in [0.3, 0.4) is 0 Å². The number of nitrogens with one attached hydrogen (secondary N) is 1. The number of aryl methyl sites for hydroxylation is 2. The summed E-state index contributed by atoms with van der Waals surface area (Å²) < 4.78 is 5.10. The minimum absolute atomic E-state index is 0.164. The summed E-state index contributed by atoms with van der Waals surface area (Å²) in [6.45, 7) is 8.45. The Kier molecular flexibility index (Phi) is 4.29. The van der Waals surface area contributed by atoms with Crippen LogP contribution >= 0.6 is 0 Å². The Balaban J connectivity index is 2.57. The minimum atomic E-state index is -0.284. The number of aliphatic hydroxyl groups is 1. The molecule has 86 valence electrons. The van der Waals surface area contributed by atoms with Crippen molar-refractivity contribution in [1.82, 2.24) is 10.5 Å². The number of nitrogens with zero attached hydrogens (tertiary/aromatic N) is 1. The van der Waals surface area contributed by atoms with Crippen molar-refractivity contribution in [3.63, 3.8) is 0 Å². The van der Waals surface area contributed by atoms with Gasteiger partial charge >= 0.3 is 0 Å². The average molecular weight is 212 g/mol. The van der Waals surface area contributed by atoms with Crippen molar-refractivity contribution in [2.45, 2.75) is 46.3 Å². The fourth-order valence-corrected chi connectivity index (χ4v) is 1.67. The van der Waals surface area contributed by atoms with Crippen LogP contribution in [0, 0.1) is 13.8 Å². The third-order valence-electron chi connectivity index (χ3n) is 2.65. The second kappa shape index (κ2) is 5.28.